The summed E-state index contributed by atoms with van der Waals surface area (Å²) in [5.74, 6) is 0.547. The molecule has 1 unspecified atom stereocenters. The van der Waals surface area contributed by atoms with Gasteiger partial charge in [0.25, 0.3) is 5.91 Å². The smallest absolute Gasteiger partial charge is 0.265 e. The zero-order chi connectivity index (χ0) is 15.7. The number of hydrogen-bond acceptors (Lipinski definition) is 4. The molecule has 1 atom stereocenters. The fourth-order valence-electron chi connectivity index (χ4n) is 2.55. The van der Waals surface area contributed by atoms with Crippen LogP contribution < -0.4 is 10.1 Å². The van der Waals surface area contributed by atoms with E-state index >= 15 is 0 Å². The normalized spacial score (nSPS) is 16.0. The third kappa shape index (κ3) is 2.67. The summed E-state index contributed by atoms with van der Waals surface area (Å²) in [6.07, 6.45) is 3.11. The molecule has 3 rings (SSSR count). The molecule has 0 bridgehead atoms. The van der Waals surface area contributed by atoms with Gasteiger partial charge in [0.1, 0.15) is 5.75 Å². The number of benzene rings is 1. The quantitative estimate of drug-likeness (QED) is 0.910. The summed E-state index contributed by atoms with van der Waals surface area (Å²) < 4.78 is 5.76. The Morgan fingerprint density at radius 2 is 2.18 bits per heavy atom. The molecule has 1 aromatic heterocycles. The molecule has 0 radical (unpaired) electrons. The fourth-order valence-corrected chi connectivity index (χ4v) is 2.55. The molecule has 1 aliphatic rings. The lowest BCUT2D eigenvalue weighted by Crippen LogP contribution is -2.31. The van der Waals surface area contributed by atoms with Crippen molar-refractivity contribution in [2.24, 2.45) is 0 Å². The second kappa shape index (κ2) is 5.77. The van der Waals surface area contributed by atoms with Crippen molar-refractivity contribution >= 4 is 11.6 Å². The maximum absolute atomic E-state index is 12.4. The van der Waals surface area contributed by atoms with E-state index in [0.29, 0.717) is 17.7 Å². The highest BCUT2D eigenvalue weighted by Gasteiger charge is 2.29. The van der Waals surface area contributed by atoms with Crippen LogP contribution in [0.1, 0.15) is 22.3 Å². The minimum atomic E-state index is -0.553. The summed E-state index contributed by atoms with van der Waals surface area (Å²) in [6, 6.07) is 5.72. The number of nitrogens with one attached hydrogen (secondary N) is 1. The number of pyridine rings is 1. The number of carbonyl (C=O) groups is 1. The maximum Gasteiger partial charge on any atom is 0.265 e. The lowest BCUT2D eigenvalue weighted by molar-refractivity contribution is -0.122. The predicted octanol–water partition coefficient (Wildman–Crippen LogP) is 2.13. The van der Waals surface area contributed by atoms with Crippen LogP contribution in [0.15, 0.2) is 30.6 Å². The van der Waals surface area contributed by atoms with Crippen LogP contribution in [0.5, 0.6) is 5.75 Å². The lowest BCUT2D eigenvalue weighted by atomic mass is 10.0. The molecular formula is C17H18N2O3. The number of amides is 1. The molecule has 0 saturated heterocycles. The molecule has 114 valence electrons. The van der Waals surface area contributed by atoms with Gasteiger partial charge in [0, 0.05) is 18.2 Å². The number of hydrogen-bond donors (Lipinski definition) is 2. The van der Waals surface area contributed by atoms with Crippen LogP contribution in [0.25, 0.3) is 0 Å². The van der Waals surface area contributed by atoms with Gasteiger partial charge < -0.3 is 15.2 Å². The number of fused-ring (bicyclic) bond motifs is 1. The van der Waals surface area contributed by atoms with Gasteiger partial charge >= 0.3 is 0 Å². The number of carbonyl (C=O) groups excluding carboxylic acids is 1. The molecule has 2 aromatic rings. The number of aromatic nitrogens is 1. The van der Waals surface area contributed by atoms with Gasteiger partial charge in [0.05, 0.1) is 18.5 Å². The Morgan fingerprint density at radius 3 is 2.95 bits per heavy atom. The zero-order valence-corrected chi connectivity index (χ0v) is 12.6. The van der Waals surface area contributed by atoms with Gasteiger partial charge in [-0.15, -0.1) is 0 Å². The maximum atomic E-state index is 12.4. The predicted molar refractivity (Wildman–Crippen MR) is 82.8 cm³/mol. The molecule has 1 aromatic carbocycles. The number of anilines is 1. The van der Waals surface area contributed by atoms with E-state index in [1.807, 2.05) is 19.9 Å². The largest absolute Gasteiger partial charge is 0.480 e. The number of nitrogens with zero attached hydrogens (tertiary/aromatic N) is 1. The van der Waals surface area contributed by atoms with Crippen molar-refractivity contribution in [3.05, 3.63) is 52.8 Å². The SMILES string of the molecule is Cc1cc2c(cc1C)OC(C(=O)Nc1cnccc1CO)C2. The van der Waals surface area contributed by atoms with Crippen LogP contribution in [-0.2, 0) is 17.8 Å². The third-order valence-corrected chi connectivity index (χ3v) is 3.98. The van der Waals surface area contributed by atoms with E-state index in [9.17, 15) is 9.90 Å². The molecule has 0 aliphatic carbocycles. The van der Waals surface area contributed by atoms with E-state index in [-0.39, 0.29) is 12.5 Å². The second-order valence-corrected chi connectivity index (χ2v) is 5.53. The van der Waals surface area contributed by atoms with E-state index in [4.69, 9.17) is 4.74 Å². The standard InChI is InChI=1S/C17H18N2O3/c1-10-5-13-7-16(22-15(13)6-11(10)2)17(21)19-14-8-18-4-3-12(14)9-20/h3-6,8,16,20H,7,9H2,1-2H3,(H,19,21). The van der Waals surface area contributed by atoms with E-state index in [2.05, 4.69) is 16.4 Å². The van der Waals surface area contributed by atoms with Crippen molar-refractivity contribution in [1.29, 1.82) is 0 Å². The van der Waals surface area contributed by atoms with Crippen molar-refractivity contribution in [3.63, 3.8) is 0 Å². The zero-order valence-electron chi connectivity index (χ0n) is 12.6. The molecule has 0 fully saturated rings. The summed E-state index contributed by atoms with van der Waals surface area (Å²) in [4.78, 5) is 16.3. The Morgan fingerprint density at radius 1 is 1.41 bits per heavy atom. The van der Waals surface area contributed by atoms with Crippen molar-refractivity contribution in [2.75, 3.05) is 5.32 Å². The van der Waals surface area contributed by atoms with Crippen LogP contribution in [0, 0.1) is 13.8 Å². The Kier molecular flexibility index (Phi) is 3.81. The molecular weight excluding hydrogens is 280 g/mol. The van der Waals surface area contributed by atoms with Crippen LogP contribution in [-0.4, -0.2) is 22.1 Å². The molecule has 0 saturated carbocycles. The lowest BCUT2D eigenvalue weighted by Gasteiger charge is -2.13. The first kappa shape index (κ1) is 14.5. The number of aryl methyl sites for hydroxylation is 2. The van der Waals surface area contributed by atoms with E-state index in [0.717, 1.165) is 16.9 Å². The van der Waals surface area contributed by atoms with Gasteiger partial charge in [-0.1, -0.05) is 6.07 Å². The molecule has 22 heavy (non-hydrogen) atoms. The Labute approximate surface area is 129 Å². The molecule has 5 nitrogen and oxygen atoms in total. The molecule has 2 heterocycles. The van der Waals surface area contributed by atoms with Gasteiger partial charge in [-0.05, 0) is 42.7 Å². The van der Waals surface area contributed by atoms with E-state index in [1.54, 1.807) is 12.3 Å². The average molecular weight is 298 g/mol. The first-order valence-electron chi connectivity index (χ1n) is 7.20. The average Bonchev–Trinajstić information content (AvgIpc) is 2.91. The number of ether oxygens (including phenoxy) is 1. The highest BCUT2D eigenvalue weighted by atomic mass is 16.5. The van der Waals surface area contributed by atoms with Gasteiger partial charge in [-0.25, -0.2) is 0 Å². The van der Waals surface area contributed by atoms with E-state index in [1.165, 1.54) is 11.8 Å². The minimum absolute atomic E-state index is 0.151. The van der Waals surface area contributed by atoms with Crippen LogP contribution in [0.3, 0.4) is 0 Å². The summed E-state index contributed by atoms with van der Waals surface area (Å²) >= 11 is 0. The van der Waals surface area contributed by atoms with Crippen molar-refractivity contribution in [1.82, 2.24) is 4.98 Å². The highest BCUT2D eigenvalue weighted by molar-refractivity contribution is 5.95. The van der Waals surface area contributed by atoms with Crippen molar-refractivity contribution < 1.29 is 14.6 Å². The Hall–Kier alpha value is -2.40. The summed E-state index contributed by atoms with van der Waals surface area (Å²) in [5.41, 5.74) is 4.54. The first-order valence-corrected chi connectivity index (χ1v) is 7.20. The van der Waals surface area contributed by atoms with Crippen molar-refractivity contribution in [2.45, 2.75) is 33.0 Å². The summed E-state index contributed by atoms with van der Waals surface area (Å²) in [7, 11) is 0. The monoisotopic (exact) mass is 298 g/mol. The van der Waals surface area contributed by atoms with E-state index < -0.39 is 6.10 Å². The van der Waals surface area contributed by atoms with Crippen LogP contribution >= 0.6 is 0 Å². The van der Waals surface area contributed by atoms with Gasteiger partial charge in [0.15, 0.2) is 6.10 Å². The van der Waals surface area contributed by atoms with Crippen LogP contribution in [0.4, 0.5) is 5.69 Å². The Balaban J connectivity index is 1.75. The highest BCUT2D eigenvalue weighted by Crippen LogP contribution is 2.32. The number of rotatable bonds is 3. The summed E-state index contributed by atoms with van der Waals surface area (Å²) in [6.45, 7) is 3.92. The topological polar surface area (TPSA) is 71.5 Å². The molecule has 1 amide bonds. The first-order chi connectivity index (χ1) is 10.6. The number of aliphatic hydroxyl groups excluding tert-OH is 1. The summed E-state index contributed by atoms with van der Waals surface area (Å²) in [5, 5.41) is 12.1. The van der Waals surface area contributed by atoms with Gasteiger partial charge in [-0.2, -0.15) is 0 Å². The molecule has 0 spiro atoms. The second-order valence-electron chi connectivity index (χ2n) is 5.53. The third-order valence-electron chi connectivity index (χ3n) is 3.98. The van der Waals surface area contributed by atoms with Crippen molar-refractivity contribution in [3.8, 4) is 5.75 Å². The number of aliphatic hydroxyl groups is 1. The van der Waals surface area contributed by atoms with Gasteiger partial charge in [-0.3, -0.25) is 9.78 Å². The Bertz CT molecular complexity index is 697. The minimum Gasteiger partial charge on any atom is -0.480 e. The molecule has 5 heteroatoms. The van der Waals surface area contributed by atoms with Gasteiger partial charge in [0.2, 0.25) is 0 Å². The fraction of sp³-hybridized carbons (Fsp3) is 0.294. The molecule has 1 aliphatic heterocycles. The van der Waals surface area contributed by atoms with Crippen LogP contribution in [0.2, 0.25) is 0 Å². The molecule has 2 N–H and O–H groups in total.